The lowest BCUT2D eigenvalue weighted by molar-refractivity contribution is -0.255. The third-order valence-corrected chi connectivity index (χ3v) is 10.9. The largest absolute Gasteiger partial charge is 0.545 e. The molecule has 1 N–H and O–H groups in total. The Morgan fingerprint density at radius 3 is 2.27 bits per heavy atom. The van der Waals surface area contributed by atoms with E-state index < -0.39 is 51.4 Å². The highest BCUT2D eigenvalue weighted by molar-refractivity contribution is 6.17. The molecule has 4 aliphatic rings. The van der Waals surface area contributed by atoms with Crippen molar-refractivity contribution in [2.75, 3.05) is 69.9 Å². The highest BCUT2D eigenvalue weighted by Gasteiger charge is 2.42. The maximum Gasteiger partial charge on any atom is 0.257 e. The van der Waals surface area contributed by atoms with E-state index in [9.17, 15) is 14.7 Å². The lowest BCUT2D eigenvalue weighted by Crippen LogP contribution is -2.45. The predicted octanol–water partition coefficient (Wildman–Crippen LogP) is 5.90. The minimum absolute atomic E-state index is 0.00870. The summed E-state index contributed by atoms with van der Waals surface area (Å²) in [5, 5.41) is 15.0. The van der Waals surface area contributed by atoms with Gasteiger partial charge in [0, 0.05) is 79.1 Å². The summed E-state index contributed by atoms with van der Waals surface area (Å²) >= 11 is 5.68. The van der Waals surface area contributed by atoms with Crippen LogP contribution in [0.4, 0.5) is 18.9 Å². The summed E-state index contributed by atoms with van der Waals surface area (Å²) in [7, 11) is 0. The van der Waals surface area contributed by atoms with Crippen LogP contribution in [0, 0.1) is 17.5 Å². The Hall–Kier alpha value is -3.64. The zero-order valence-electron chi connectivity index (χ0n) is 29.8. The summed E-state index contributed by atoms with van der Waals surface area (Å²) < 4.78 is 59.4. The molecule has 0 radical (unpaired) electrons. The molecular formula is C40H46ClF3N3O5-. The van der Waals surface area contributed by atoms with Gasteiger partial charge >= 0.3 is 0 Å². The predicted molar refractivity (Wildman–Crippen MR) is 193 cm³/mol. The zero-order chi connectivity index (χ0) is 37.0. The van der Waals surface area contributed by atoms with Crippen LogP contribution in [-0.4, -0.2) is 87.8 Å². The lowest BCUT2D eigenvalue weighted by atomic mass is 9.63. The number of nitrogens with one attached hydrogen (secondary N) is 1. The van der Waals surface area contributed by atoms with Crippen LogP contribution >= 0.6 is 11.6 Å². The number of carbonyl (C=O) groups is 2. The molecule has 2 aliphatic carbocycles. The molecule has 8 nitrogen and oxygen atoms in total. The number of unbranched alkanes of at least 4 members (excludes halogenated alkanes) is 3. The number of carboxylic acid groups (broad SMARTS) is 1. The summed E-state index contributed by atoms with van der Waals surface area (Å²) in [6.07, 6.45) is 11.9. The first-order chi connectivity index (χ1) is 25.1. The molecule has 2 saturated heterocycles. The smallest absolute Gasteiger partial charge is 0.257 e. The Morgan fingerprint density at radius 1 is 0.923 bits per heavy atom. The standard InChI is InChI=1S/C40H47ClF3N3O5/c1-40(2)29-23-25(46-15-7-16-46)9-11-27(29)31(28-12-10-26(24-30(28)40)47-17-8-18-47)32-33(39(49)50)36(43)37(44)34(35(32)42)38(48)45-14-20-52-22-21-51-19-6-4-3-5-13-41/h9-12,23-25H,3-8,13-22H2,1-2H3,(H,45,48)(H,49,50)/p-1. The number of rotatable bonds is 17. The molecule has 0 spiro atoms. The summed E-state index contributed by atoms with van der Waals surface area (Å²) in [5.41, 5.74) is -0.244. The average Bonchev–Trinajstić information content (AvgIpc) is 3.06. The lowest BCUT2D eigenvalue weighted by Gasteiger charge is -2.44. The van der Waals surface area contributed by atoms with Gasteiger partial charge in [-0.05, 0) is 60.1 Å². The highest BCUT2D eigenvalue weighted by Crippen LogP contribution is 2.52. The maximum absolute atomic E-state index is 16.9. The van der Waals surface area contributed by atoms with Crippen LogP contribution in [0.5, 0.6) is 0 Å². The van der Waals surface area contributed by atoms with Crippen LogP contribution < -0.4 is 15.3 Å². The molecule has 1 atom stereocenters. The monoisotopic (exact) mass is 740 g/mol. The average molecular weight is 741 g/mol. The van der Waals surface area contributed by atoms with E-state index in [2.05, 4.69) is 35.0 Å². The van der Waals surface area contributed by atoms with E-state index in [1.807, 2.05) is 24.3 Å². The first-order valence-electron chi connectivity index (χ1n) is 18.3. The molecule has 2 aromatic carbocycles. The first-order valence-corrected chi connectivity index (χ1v) is 18.8. The second-order valence-electron chi connectivity index (χ2n) is 14.2. The van der Waals surface area contributed by atoms with E-state index in [1.54, 1.807) is 6.07 Å². The molecule has 1 amide bonds. The number of alkyl halides is 1. The van der Waals surface area contributed by atoms with Crippen LogP contribution in [0.15, 0.2) is 47.6 Å². The fourth-order valence-corrected chi connectivity index (χ4v) is 7.60. The van der Waals surface area contributed by atoms with E-state index in [4.69, 9.17) is 21.1 Å². The number of ether oxygens (including phenoxy) is 2. The van der Waals surface area contributed by atoms with Crippen molar-refractivity contribution < 1.29 is 37.3 Å². The Morgan fingerprint density at radius 2 is 1.62 bits per heavy atom. The van der Waals surface area contributed by atoms with Gasteiger partial charge in [-0.2, -0.15) is 0 Å². The number of halogens is 4. The summed E-state index contributed by atoms with van der Waals surface area (Å²) in [5.74, 6) is -7.93. The van der Waals surface area contributed by atoms with Crippen LogP contribution in [-0.2, 0) is 14.9 Å². The van der Waals surface area contributed by atoms with Gasteiger partial charge in [-0.3, -0.25) is 9.69 Å². The quantitative estimate of drug-likeness (QED) is 0.123. The first kappa shape index (κ1) is 38.1. The number of nitrogens with zero attached hydrogens (tertiary/aromatic N) is 2. The van der Waals surface area contributed by atoms with E-state index in [-0.39, 0.29) is 31.4 Å². The number of benzene rings is 2. The maximum atomic E-state index is 16.9. The van der Waals surface area contributed by atoms with Gasteiger partial charge in [-0.1, -0.05) is 51.0 Å². The third-order valence-electron chi connectivity index (χ3n) is 10.6. The number of carboxylic acids is 1. The molecule has 2 fully saturated rings. The molecule has 2 aromatic rings. The van der Waals surface area contributed by atoms with Crippen LogP contribution in [0.25, 0.3) is 5.57 Å². The molecule has 12 heteroatoms. The Labute approximate surface area is 308 Å². The summed E-state index contributed by atoms with van der Waals surface area (Å²) in [6.45, 7) is 8.76. The molecular weight excluding hydrogens is 695 g/mol. The van der Waals surface area contributed by atoms with Gasteiger partial charge < -0.3 is 29.6 Å². The molecule has 0 aromatic heterocycles. The summed E-state index contributed by atoms with van der Waals surface area (Å²) in [6, 6.07) is 5.63. The SMILES string of the molecule is CC1(C)C2=CC(N3CCC3)C=CC2=C(c2c(F)c(C(=O)NCCOCCOCCCCCCCl)c(F)c(F)c2C(=O)[O-])c2ccc(N3CCC3)cc21. The van der Waals surface area contributed by atoms with Gasteiger partial charge in [-0.15, -0.1) is 11.6 Å². The van der Waals surface area contributed by atoms with Crippen LogP contribution in [0.2, 0.25) is 0 Å². The fraction of sp³-hybridized carbons (Fsp3) is 0.500. The van der Waals surface area contributed by atoms with Crippen molar-refractivity contribution in [1.29, 1.82) is 0 Å². The molecule has 52 heavy (non-hydrogen) atoms. The Bertz CT molecular complexity index is 1780. The van der Waals surface area contributed by atoms with Crippen molar-refractivity contribution in [2.45, 2.75) is 63.8 Å². The molecule has 0 saturated carbocycles. The van der Waals surface area contributed by atoms with E-state index >= 15 is 13.2 Å². The second-order valence-corrected chi connectivity index (χ2v) is 14.6. The number of amides is 1. The van der Waals surface area contributed by atoms with Gasteiger partial charge in [-0.25, -0.2) is 13.2 Å². The molecule has 280 valence electrons. The zero-order valence-corrected chi connectivity index (χ0v) is 30.6. The highest BCUT2D eigenvalue weighted by atomic mass is 35.5. The molecule has 2 heterocycles. The number of hydrogen-bond donors (Lipinski definition) is 1. The molecule has 6 rings (SSSR count). The Kier molecular flexibility index (Phi) is 12.1. The normalized spacial score (nSPS) is 19.1. The number of carbonyl (C=O) groups excluding carboxylic acids is 2. The van der Waals surface area contributed by atoms with Crippen molar-refractivity contribution in [1.82, 2.24) is 10.2 Å². The number of fused-ring (bicyclic) bond motifs is 2. The number of aromatic carboxylic acids is 1. The summed E-state index contributed by atoms with van der Waals surface area (Å²) in [4.78, 5) is 30.4. The molecule has 0 bridgehead atoms. The van der Waals surface area contributed by atoms with Crippen molar-refractivity contribution >= 4 is 34.7 Å². The van der Waals surface area contributed by atoms with Crippen LogP contribution in [0.1, 0.15) is 89.8 Å². The van der Waals surface area contributed by atoms with Crippen molar-refractivity contribution in [3.8, 4) is 0 Å². The third kappa shape index (κ3) is 7.56. The number of anilines is 1. The number of likely N-dealkylation sites (tertiary alicyclic amines) is 1. The number of allylic oxidation sites excluding steroid dienone is 3. The van der Waals surface area contributed by atoms with E-state index in [0.717, 1.165) is 81.5 Å². The minimum atomic E-state index is -2.09. The van der Waals surface area contributed by atoms with Gasteiger partial charge in [0.25, 0.3) is 5.91 Å². The van der Waals surface area contributed by atoms with Gasteiger partial charge in [0.15, 0.2) is 11.6 Å². The van der Waals surface area contributed by atoms with Gasteiger partial charge in [0.2, 0.25) is 0 Å². The van der Waals surface area contributed by atoms with Crippen molar-refractivity contribution in [2.24, 2.45) is 0 Å². The minimum Gasteiger partial charge on any atom is -0.545 e. The van der Waals surface area contributed by atoms with Gasteiger partial charge in [0.05, 0.1) is 25.8 Å². The van der Waals surface area contributed by atoms with E-state index in [1.165, 1.54) is 0 Å². The van der Waals surface area contributed by atoms with Crippen LogP contribution in [0.3, 0.4) is 0 Å². The van der Waals surface area contributed by atoms with Crippen molar-refractivity contribution in [3.05, 3.63) is 92.8 Å². The topological polar surface area (TPSA) is 94.2 Å². The molecule has 1 unspecified atom stereocenters. The van der Waals surface area contributed by atoms with Gasteiger partial charge in [0.1, 0.15) is 11.4 Å². The second kappa shape index (κ2) is 16.6. The van der Waals surface area contributed by atoms with E-state index in [0.29, 0.717) is 30.2 Å². The van der Waals surface area contributed by atoms with Crippen molar-refractivity contribution in [3.63, 3.8) is 0 Å². The Balaban J connectivity index is 1.31. The number of hydrogen-bond acceptors (Lipinski definition) is 7. The molecule has 2 aliphatic heterocycles. The fourth-order valence-electron chi connectivity index (χ4n) is 7.41.